The lowest BCUT2D eigenvalue weighted by molar-refractivity contribution is -0.130. The van der Waals surface area contributed by atoms with Crippen LogP contribution in [0.2, 0.25) is 0 Å². The van der Waals surface area contributed by atoms with Crippen LogP contribution in [-0.2, 0) is 17.6 Å². The van der Waals surface area contributed by atoms with Gasteiger partial charge in [-0.2, -0.15) is 0 Å². The average molecular weight is 188 g/mol. The van der Waals surface area contributed by atoms with Gasteiger partial charge < -0.3 is 5.11 Å². The van der Waals surface area contributed by atoms with Crippen molar-refractivity contribution in [2.45, 2.75) is 19.3 Å². The summed E-state index contributed by atoms with van der Waals surface area (Å²) in [6, 6.07) is 5.82. The van der Waals surface area contributed by atoms with Gasteiger partial charge in [0.1, 0.15) is 0 Å². The minimum absolute atomic E-state index is 0.180. The number of rotatable bonds is 2. The van der Waals surface area contributed by atoms with Crippen molar-refractivity contribution in [1.29, 1.82) is 0 Å². The summed E-state index contributed by atoms with van der Waals surface area (Å²) in [5.41, 5.74) is 3.55. The highest BCUT2D eigenvalue weighted by atomic mass is 16.4. The van der Waals surface area contributed by atoms with E-state index in [1.54, 1.807) is 0 Å². The molecule has 0 unspecified atom stereocenters. The van der Waals surface area contributed by atoms with Crippen LogP contribution in [0.1, 0.15) is 23.1 Å². The third kappa shape index (κ3) is 1.43. The Balaban J connectivity index is 2.38. The molecule has 0 spiro atoms. The second-order valence-corrected chi connectivity index (χ2v) is 3.62. The molecule has 1 aliphatic rings. The normalized spacial score (nSPS) is 13.7. The lowest BCUT2D eigenvalue weighted by Crippen LogP contribution is -1.98. The highest BCUT2D eigenvalue weighted by Gasteiger charge is 2.13. The molecular weight excluding hydrogens is 176 g/mol. The van der Waals surface area contributed by atoms with Gasteiger partial charge in [-0.05, 0) is 36.0 Å². The van der Waals surface area contributed by atoms with Crippen LogP contribution in [0.25, 0.3) is 5.57 Å². The minimum Gasteiger partial charge on any atom is -0.478 e. The van der Waals surface area contributed by atoms with E-state index in [-0.39, 0.29) is 5.57 Å². The molecule has 0 amide bonds. The van der Waals surface area contributed by atoms with Crippen LogP contribution in [0.5, 0.6) is 0 Å². The van der Waals surface area contributed by atoms with E-state index < -0.39 is 5.97 Å². The molecule has 0 aromatic heterocycles. The molecule has 1 aromatic rings. The second-order valence-electron chi connectivity index (χ2n) is 3.62. The van der Waals surface area contributed by atoms with Gasteiger partial charge in [0.15, 0.2) is 0 Å². The van der Waals surface area contributed by atoms with E-state index in [0.717, 1.165) is 18.4 Å². The number of hydrogen-bond donors (Lipinski definition) is 1. The Hall–Kier alpha value is -1.57. The summed E-state index contributed by atoms with van der Waals surface area (Å²) in [6.45, 7) is 3.55. The fraction of sp³-hybridized carbons (Fsp3) is 0.250. The van der Waals surface area contributed by atoms with Crippen LogP contribution < -0.4 is 0 Å². The van der Waals surface area contributed by atoms with Gasteiger partial charge in [0.2, 0.25) is 0 Å². The maximum Gasteiger partial charge on any atom is 0.335 e. The van der Waals surface area contributed by atoms with Crippen molar-refractivity contribution >= 4 is 11.5 Å². The summed E-state index contributed by atoms with van der Waals surface area (Å²) in [5.74, 6) is -0.942. The van der Waals surface area contributed by atoms with Gasteiger partial charge in [-0.1, -0.05) is 24.8 Å². The summed E-state index contributed by atoms with van der Waals surface area (Å²) < 4.78 is 0. The van der Waals surface area contributed by atoms with Crippen LogP contribution in [0.4, 0.5) is 0 Å². The topological polar surface area (TPSA) is 37.3 Å². The van der Waals surface area contributed by atoms with Crippen molar-refractivity contribution < 1.29 is 9.90 Å². The van der Waals surface area contributed by atoms with Crippen LogP contribution in [0.3, 0.4) is 0 Å². The van der Waals surface area contributed by atoms with Gasteiger partial charge in [0.05, 0.1) is 5.57 Å². The van der Waals surface area contributed by atoms with E-state index in [0.29, 0.717) is 0 Å². The first kappa shape index (κ1) is 9.00. The van der Waals surface area contributed by atoms with Crippen LogP contribution >= 0.6 is 0 Å². The molecule has 2 heteroatoms. The highest BCUT2D eigenvalue weighted by Crippen LogP contribution is 2.25. The first-order chi connectivity index (χ1) is 6.68. The molecule has 0 atom stereocenters. The molecule has 0 aliphatic heterocycles. The minimum atomic E-state index is -0.942. The standard InChI is InChI=1S/C12H12O2/c1-8(12(13)14)10-6-5-9-3-2-4-11(9)7-10/h5-7H,1-4H2,(H,13,14). The Morgan fingerprint density at radius 3 is 2.71 bits per heavy atom. The molecule has 0 fully saturated rings. The first-order valence-corrected chi connectivity index (χ1v) is 4.73. The predicted octanol–water partition coefficient (Wildman–Crippen LogP) is 2.27. The van der Waals surface area contributed by atoms with Gasteiger partial charge in [-0.25, -0.2) is 4.79 Å². The van der Waals surface area contributed by atoms with Gasteiger partial charge in [0, 0.05) is 0 Å². The Morgan fingerprint density at radius 1 is 1.29 bits per heavy atom. The molecule has 2 rings (SSSR count). The van der Waals surface area contributed by atoms with Crippen molar-refractivity contribution in [3.05, 3.63) is 41.5 Å². The molecule has 0 bridgehead atoms. The Bertz CT molecular complexity index is 405. The summed E-state index contributed by atoms with van der Waals surface area (Å²) in [6.07, 6.45) is 3.36. The smallest absolute Gasteiger partial charge is 0.335 e. The lowest BCUT2D eigenvalue weighted by Gasteiger charge is -2.04. The summed E-state index contributed by atoms with van der Waals surface area (Å²) in [4.78, 5) is 10.7. The zero-order valence-corrected chi connectivity index (χ0v) is 7.92. The number of fused-ring (bicyclic) bond motifs is 1. The summed E-state index contributed by atoms with van der Waals surface area (Å²) >= 11 is 0. The largest absolute Gasteiger partial charge is 0.478 e. The third-order valence-corrected chi connectivity index (χ3v) is 2.71. The molecule has 14 heavy (non-hydrogen) atoms. The van der Waals surface area contributed by atoms with Crippen molar-refractivity contribution in [2.24, 2.45) is 0 Å². The fourth-order valence-electron chi connectivity index (χ4n) is 1.88. The van der Waals surface area contributed by atoms with Gasteiger partial charge >= 0.3 is 5.97 Å². The number of hydrogen-bond acceptors (Lipinski definition) is 1. The van der Waals surface area contributed by atoms with Gasteiger partial charge in [-0.3, -0.25) is 0 Å². The van der Waals surface area contributed by atoms with E-state index >= 15 is 0 Å². The van der Waals surface area contributed by atoms with Crippen molar-refractivity contribution in [3.8, 4) is 0 Å². The molecule has 0 saturated heterocycles. The maximum absolute atomic E-state index is 10.7. The Labute approximate surface area is 82.9 Å². The monoisotopic (exact) mass is 188 g/mol. The van der Waals surface area contributed by atoms with Crippen molar-refractivity contribution in [1.82, 2.24) is 0 Å². The first-order valence-electron chi connectivity index (χ1n) is 4.73. The Kier molecular flexibility index (Phi) is 2.12. The van der Waals surface area contributed by atoms with E-state index in [9.17, 15) is 4.79 Å². The third-order valence-electron chi connectivity index (χ3n) is 2.71. The van der Waals surface area contributed by atoms with E-state index in [1.165, 1.54) is 17.5 Å². The SMILES string of the molecule is C=C(C(=O)O)c1ccc2c(c1)CCC2. The Morgan fingerprint density at radius 2 is 2.00 bits per heavy atom. The highest BCUT2D eigenvalue weighted by molar-refractivity contribution is 6.14. The molecule has 0 radical (unpaired) electrons. The number of aryl methyl sites for hydroxylation is 2. The van der Waals surface area contributed by atoms with Crippen molar-refractivity contribution in [3.63, 3.8) is 0 Å². The van der Waals surface area contributed by atoms with E-state index in [4.69, 9.17) is 5.11 Å². The molecule has 1 N–H and O–H groups in total. The van der Waals surface area contributed by atoms with Gasteiger partial charge in [-0.15, -0.1) is 0 Å². The molecule has 72 valence electrons. The molecule has 1 aromatic carbocycles. The van der Waals surface area contributed by atoms with Crippen LogP contribution in [-0.4, -0.2) is 11.1 Å². The molecule has 2 nitrogen and oxygen atoms in total. The van der Waals surface area contributed by atoms with Gasteiger partial charge in [0.25, 0.3) is 0 Å². The quantitative estimate of drug-likeness (QED) is 0.723. The second kappa shape index (κ2) is 3.29. The molecule has 0 heterocycles. The molecular formula is C12H12O2. The number of benzene rings is 1. The molecule has 1 aliphatic carbocycles. The van der Waals surface area contributed by atoms with E-state index in [2.05, 4.69) is 6.58 Å². The number of carbonyl (C=O) groups is 1. The van der Waals surface area contributed by atoms with Crippen molar-refractivity contribution in [2.75, 3.05) is 0 Å². The van der Waals surface area contributed by atoms with Crippen LogP contribution in [0.15, 0.2) is 24.8 Å². The predicted molar refractivity (Wildman–Crippen MR) is 55.1 cm³/mol. The number of aliphatic carboxylic acids is 1. The average Bonchev–Trinajstić information content (AvgIpc) is 2.62. The fourth-order valence-corrected chi connectivity index (χ4v) is 1.88. The summed E-state index contributed by atoms with van der Waals surface area (Å²) in [5, 5.41) is 8.78. The number of carboxylic acid groups (broad SMARTS) is 1. The number of carboxylic acids is 1. The van der Waals surface area contributed by atoms with E-state index in [1.807, 2.05) is 18.2 Å². The zero-order valence-electron chi connectivity index (χ0n) is 7.92. The maximum atomic E-state index is 10.7. The zero-order chi connectivity index (χ0) is 10.1. The lowest BCUT2D eigenvalue weighted by atomic mass is 10.0. The van der Waals surface area contributed by atoms with Crippen LogP contribution in [0, 0.1) is 0 Å². The molecule has 0 saturated carbocycles. The summed E-state index contributed by atoms with van der Waals surface area (Å²) in [7, 11) is 0.